The second-order valence-electron chi connectivity index (χ2n) is 3.09. The molecule has 0 unspecified atom stereocenters. The molecule has 1 aromatic rings. The van der Waals surface area contributed by atoms with Gasteiger partial charge in [0.2, 0.25) is 5.91 Å². The molecule has 4 N–H and O–H groups in total. The van der Waals surface area contributed by atoms with Crippen molar-refractivity contribution in [2.75, 3.05) is 6.61 Å². The summed E-state index contributed by atoms with van der Waals surface area (Å²) in [5.74, 6) is -0.556. The molecule has 1 amide bonds. The van der Waals surface area contributed by atoms with E-state index in [1.807, 2.05) is 6.92 Å². The van der Waals surface area contributed by atoms with Gasteiger partial charge in [0.1, 0.15) is 0 Å². The number of aromatic nitrogens is 1. The van der Waals surface area contributed by atoms with Crippen molar-refractivity contribution in [1.29, 1.82) is 5.41 Å². The van der Waals surface area contributed by atoms with Crippen LogP contribution in [0.5, 0.6) is 0 Å². The molecule has 1 rings (SSSR count). The van der Waals surface area contributed by atoms with E-state index in [-0.39, 0.29) is 5.71 Å². The predicted molar refractivity (Wildman–Crippen MR) is 56.0 cm³/mol. The molecule has 5 heteroatoms. The number of aryl methyl sites for hydroxylation is 1. The third-order valence-corrected chi connectivity index (χ3v) is 1.99. The van der Waals surface area contributed by atoms with Crippen molar-refractivity contribution in [3.63, 3.8) is 0 Å². The zero-order chi connectivity index (χ0) is 11.4. The second-order valence-corrected chi connectivity index (χ2v) is 3.09. The number of nitrogens with one attached hydrogen (secondary N) is 1. The number of amides is 1. The largest absolute Gasteiger partial charge is 0.390 e. The Kier molecular flexibility index (Phi) is 3.51. The molecule has 0 aliphatic heterocycles. The number of carbonyl (C=O) groups excluding carboxylic acids is 1. The highest BCUT2D eigenvalue weighted by molar-refractivity contribution is 6.00. The zero-order valence-electron chi connectivity index (χ0n) is 8.45. The molecular formula is C10H13N3O2. The minimum Gasteiger partial charge on any atom is -0.390 e. The van der Waals surface area contributed by atoms with Gasteiger partial charge in [0, 0.05) is 11.3 Å². The van der Waals surface area contributed by atoms with E-state index in [0.29, 0.717) is 23.4 Å². The lowest BCUT2D eigenvalue weighted by Gasteiger charge is -2.05. The van der Waals surface area contributed by atoms with Gasteiger partial charge in [-0.05, 0) is 18.6 Å². The Hall–Kier alpha value is -1.75. The summed E-state index contributed by atoms with van der Waals surface area (Å²) in [6, 6.07) is 3.01. The van der Waals surface area contributed by atoms with Crippen molar-refractivity contribution < 1.29 is 9.90 Å². The third kappa shape index (κ3) is 2.60. The molecule has 1 aromatic heterocycles. The van der Waals surface area contributed by atoms with Gasteiger partial charge in [-0.2, -0.15) is 0 Å². The third-order valence-electron chi connectivity index (χ3n) is 1.99. The maximum atomic E-state index is 11.0. The molecule has 15 heavy (non-hydrogen) atoms. The lowest BCUT2D eigenvalue weighted by Crippen LogP contribution is -2.15. The fraction of sp³-hybridized carbons (Fsp3) is 0.300. The van der Waals surface area contributed by atoms with Crippen LogP contribution in [-0.4, -0.2) is 28.3 Å². The van der Waals surface area contributed by atoms with Crippen molar-refractivity contribution in [2.45, 2.75) is 13.3 Å². The Morgan fingerprint density at radius 1 is 1.60 bits per heavy atom. The summed E-state index contributed by atoms with van der Waals surface area (Å²) >= 11 is 0. The smallest absolute Gasteiger partial charge is 0.248 e. The van der Waals surface area contributed by atoms with E-state index in [1.54, 1.807) is 6.07 Å². The summed E-state index contributed by atoms with van der Waals surface area (Å²) in [7, 11) is 0. The first-order chi connectivity index (χ1) is 7.08. The highest BCUT2D eigenvalue weighted by Crippen LogP contribution is 2.07. The van der Waals surface area contributed by atoms with E-state index < -0.39 is 12.5 Å². The molecule has 0 aliphatic carbocycles. The van der Waals surface area contributed by atoms with Gasteiger partial charge in [0.15, 0.2) is 0 Å². The van der Waals surface area contributed by atoms with Crippen molar-refractivity contribution in [3.05, 3.63) is 29.1 Å². The zero-order valence-corrected chi connectivity index (χ0v) is 8.45. The van der Waals surface area contributed by atoms with Crippen LogP contribution in [0.15, 0.2) is 12.1 Å². The van der Waals surface area contributed by atoms with E-state index in [2.05, 4.69) is 4.98 Å². The van der Waals surface area contributed by atoms with Gasteiger partial charge in [-0.25, -0.2) is 0 Å². The number of hydrogen-bond acceptors (Lipinski definition) is 4. The minimum absolute atomic E-state index is 0.0206. The van der Waals surface area contributed by atoms with Crippen molar-refractivity contribution >= 4 is 11.6 Å². The number of aliphatic hydroxyl groups is 1. The maximum absolute atomic E-state index is 11.0. The number of nitrogens with two attached hydrogens (primary N) is 1. The SMILES string of the molecule is CCc1cc(C(N)=O)cc(C(=N)CO)n1. The molecular weight excluding hydrogens is 194 g/mol. The Morgan fingerprint density at radius 2 is 2.27 bits per heavy atom. The van der Waals surface area contributed by atoms with Crippen LogP contribution in [0.25, 0.3) is 0 Å². The van der Waals surface area contributed by atoms with Gasteiger partial charge in [-0.3, -0.25) is 9.78 Å². The van der Waals surface area contributed by atoms with Gasteiger partial charge in [-0.15, -0.1) is 0 Å². The van der Waals surface area contributed by atoms with E-state index in [0.717, 1.165) is 0 Å². The summed E-state index contributed by atoms with van der Waals surface area (Å²) in [6.45, 7) is 1.48. The molecule has 0 saturated carbocycles. The van der Waals surface area contributed by atoms with Gasteiger partial charge < -0.3 is 16.2 Å². The molecule has 0 spiro atoms. The highest BCUT2D eigenvalue weighted by atomic mass is 16.3. The lowest BCUT2D eigenvalue weighted by molar-refractivity contribution is 0.1000. The van der Waals surface area contributed by atoms with Crippen LogP contribution >= 0.6 is 0 Å². The Morgan fingerprint density at radius 3 is 2.73 bits per heavy atom. The number of nitrogens with zero attached hydrogens (tertiary/aromatic N) is 1. The van der Waals surface area contributed by atoms with E-state index in [1.165, 1.54) is 6.07 Å². The van der Waals surface area contributed by atoms with Crippen LogP contribution in [-0.2, 0) is 6.42 Å². The number of primary amides is 1. The Bertz CT molecular complexity index is 402. The first kappa shape index (κ1) is 11.3. The Balaban J connectivity index is 3.23. The van der Waals surface area contributed by atoms with E-state index in [9.17, 15) is 4.79 Å². The maximum Gasteiger partial charge on any atom is 0.248 e. The average molecular weight is 207 g/mol. The molecule has 0 atom stereocenters. The molecule has 80 valence electrons. The van der Waals surface area contributed by atoms with Crippen LogP contribution in [0.1, 0.15) is 28.7 Å². The molecule has 0 saturated heterocycles. The quantitative estimate of drug-likeness (QED) is 0.610. The summed E-state index contributed by atoms with van der Waals surface area (Å²) in [6.07, 6.45) is 0.646. The minimum atomic E-state index is -0.556. The monoisotopic (exact) mass is 207 g/mol. The summed E-state index contributed by atoms with van der Waals surface area (Å²) in [4.78, 5) is 15.1. The molecule has 0 fully saturated rings. The fourth-order valence-corrected chi connectivity index (χ4v) is 1.15. The average Bonchev–Trinajstić information content (AvgIpc) is 2.27. The van der Waals surface area contributed by atoms with Crippen LogP contribution in [0, 0.1) is 5.41 Å². The standard InChI is InChI=1S/C10H13N3O2/c1-2-7-3-6(10(12)15)4-9(13-7)8(11)5-14/h3-4,11,14H,2,5H2,1H3,(H2,12,15). The second kappa shape index (κ2) is 4.65. The summed E-state index contributed by atoms with van der Waals surface area (Å²) in [5.41, 5.74) is 6.42. The molecule has 0 aliphatic rings. The van der Waals surface area contributed by atoms with Crippen LogP contribution in [0.3, 0.4) is 0 Å². The molecule has 0 aromatic carbocycles. The van der Waals surface area contributed by atoms with Crippen molar-refractivity contribution in [3.8, 4) is 0 Å². The molecule has 1 heterocycles. The summed E-state index contributed by atoms with van der Waals surface area (Å²) in [5, 5.41) is 16.2. The van der Waals surface area contributed by atoms with E-state index >= 15 is 0 Å². The number of hydrogen-bond donors (Lipinski definition) is 3. The normalized spacial score (nSPS) is 10.0. The predicted octanol–water partition coefficient (Wildman–Crippen LogP) is 0.103. The lowest BCUT2D eigenvalue weighted by atomic mass is 10.1. The number of aliphatic hydroxyl groups excluding tert-OH is 1. The molecule has 0 bridgehead atoms. The van der Waals surface area contributed by atoms with Crippen LogP contribution < -0.4 is 5.73 Å². The first-order valence-electron chi connectivity index (χ1n) is 4.58. The highest BCUT2D eigenvalue weighted by Gasteiger charge is 2.08. The number of pyridine rings is 1. The van der Waals surface area contributed by atoms with Gasteiger partial charge in [0.25, 0.3) is 0 Å². The first-order valence-corrected chi connectivity index (χ1v) is 4.58. The van der Waals surface area contributed by atoms with E-state index in [4.69, 9.17) is 16.2 Å². The van der Waals surface area contributed by atoms with Crippen molar-refractivity contribution in [1.82, 2.24) is 4.98 Å². The molecule has 0 radical (unpaired) electrons. The Labute approximate surface area is 87.5 Å². The summed E-state index contributed by atoms with van der Waals surface area (Å²) < 4.78 is 0. The van der Waals surface area contributed by atoms with Crippen molar-refractivity contribution in [2.24, 2.45) is 5.73 Å². The van der Waals surface area contributed by atoms with Crippen LogP contribution in [0.2, 0.25) is 0 Å². The topological polar surface area (TPSA) is 100 Å². The van der Waals surface area contributed by atoms with Gasteiger partial charge >= 0.3 is 0 Å². The fourth-order valence-electron chi connectivity index (χ4n) is 1.15. The van der Waals surface area contributed by atoms with Gasteiger partial charge in [0.05, 0.1) is 18.0 Å². The molecule has 5 nitrogen and oxygen atoms in total. The number of rotatable bonds is 4. The van der Waals surface area contributed by atoms with Gasteiger partial charge in [-0.1, -0.05) is 6.92 Å². The number of carbonyl (C=O) groups is 1. The van der Waals surface area contributed by atoms with Crippen LogP contribution in [0.4, 0.5) is 0 Å².